The van der Waals surface area contributed by atoms with Crippen molar-refractivity contribution in [3.63, 3.8) is 0 Å². The SMILES string of the molecule is CC(C(=O)NCCOc1ccc(S(=O)(=O)N(C)C)cc1)N(c1ccc(Oc2ccccc2)cc1)S(C)(=O)=O. The summed E-state index contributed by atoms with van der Waals surface area (Å²) in [5, 5.41) is 2.67. The minimum absolute atomic E-state index is 0.0998. The summed E-state index contributed by atoms with van der Waals surface area (Å²) < 4.78 is 62.9. The van der Waals surface area contributed by atoms with E-state index in [1.165, 1.54) is 45.3 Å². The third kappa shape index (κ3) is 7.46. The van der Waals surface area contributed by atoms with Crippen molar-refractivity contribution in [3.05, 3.63) is 78.9 Å². The predicted octanol–water partition coefficient (Wildman–Crippen LogP) is 3.08. The normalized spacial score (nSPS) is 12.6. The van der Waals surface area contributed by atoms with Crippen LogP contribution >= 0.6 is 0 Å². The molecule has 0 fully saturated rings. The molecule has 0 aliphatic carbocycles. The molecular weight excluding hydrogens is 530 g/mol. The van der Waals surface area contributed by atoms with E-state index in [0.717, 1.165) is 14.9 Å². The van der Waals surface area contributed by atoms with E-state index in [1.807, 2.05) is 18.2 Å². The van der Waals surface area contributed by atoms with E-state index in [9.17, 15) is 21.6 Å². The molecule has 0 aliphatic rings. The molecule has 1 atom stereocenters. The highest BCUT2D eigenvalue weighted by Gasteiger charge is 2.29. The van der Waals surface area contributed by atoms with Crippen molar-refractivity contribution >= 4 is 31.6 Å². The summed E-state index contributed by atoms with van der Waals surface area (Å²) in [4.78, 5) is 12.9. The van der Waals surface area contributed by atoms with Crippen molar-refractivity contribution in [3.8, 4) is 17.2 Å². The summed E-state index contributed by atoms with van der Waals surface area (Å²) in [7, 11) is -4.43. The Kier molecular flexibility index (Phi) is 9.36. The Hall–Kier alpha value is -3.61. The fourth-order valence-electron chi connectivity index (χ4n) is 3.50. The average Bonchev–Trinajstić information content (AvgIpc) is 2.87. The van der Waals surface area contributed by atoms with Crippen molar-refractivity contribution in [2.24, 2.45) is 0 Å². The molecule has 1 unspecified atom stereocenters. The Morgan fingerprint density at radius 3 is 1.95 bits per heavy atom. The van der Waals surface area contributed by atoms with Gasteiger partial charge in [0.2, 0.25) is 26.0 Å². The van der Waals surface area contributed by atoms with Crippen LogP contribution in [0.5, 0.6) is 17.2 Å². The predicted molar refractivity (Wildman–Crippen MR) is 146 cm³/mol. The van der Waals surface area contributed by atoms with Gasteiger partial charge >= 0.3 is 0 Å². The molecule has 0 saturated heterocycles. The third-order valence-electron chi connectivity index (χ3n) is 5.43. The summed E-state index contributed by atoms with van der Waals surface area (Å²) in [6.07, 6.45) is 1.04. The van der Waals surface area contributed by atoms with Gasteiger partial charge in [0, 0.05) is 14.1 Å². The molecule has 3 aromatic carbocycles. The lowest BCUT2D eigenvalue weighted by Gasteiger charge is -2.28. The number of rotatable bonds is 12. The maximum atomic E-state index is 12.8. The van der Waals surface area contributed by atoms with Gasteiger partial charge in [0.1, 0.15) is 29.9 Å². The number of hydrogen-bond donors (Lipinski definition) is 1. The molecule has 1 N–H and O–H groups in total. The number of carbonyl (C=O) groups is 1. The molecule has 0 aliphatic heterocycles. The molecule has 10 nitrogen and oxygen atoms in total. The van der Waals surface area contributed by atoms with Crippen LogP contribution in [0.2, 0.25) is 0 Å². The maximum Gasteiger partial charge on any atom is 0.243 e. The smallest absolute Gasteiger partial charge is 0.243 e. The van der Waals surface area contributed by atoms with E-state index >= 15 is 0 Å². The first kappa shape index (κ1) is 29.0. The standard InChI is InChI=1S/C26H31N3O7S2/c1-20(26(30)27-18-19-35-22-14-16-25(17-15-22)38(33,34)28(2)3)29(37(4,31)32)21-10-12-24(13-11-21)36-23-8-6-5-7-9-23/h5-17,20H,18-19H2,1-4H3,(H,27,30). The Bertz CT molecular complexity index is 1430. The molecule has 1 amide bonds. The zero-order chi connectivity index (χ0) is 27.9. The van der Waals surface area contributed by atoms with Crippen LogP contribution in [-0.2, 0) is 24.8 Å². The lowest BCUT2D eigenvalue weighted by atomic mass is 10.2. The number of sulfonamides is 2. The quantitative estimate of drug-likeness (QED) is 0.337. The number of anilines is 1. The van der Waals surface area contributed by atoms with Gasteiger partial charge in [-0.25, -0.2) is 21.1 Å². The minimum atomic E-state index is -3.78. The van der Waals surface area contributed by atoms with Gasteiger partial charge in [-0.3, -0.25) is 9.10 Å². The molecule has 0 spiro atoms. The highest BCUT2D eigenvalue weighted by Crippen LogP contribution is 2.27. The average molecular weight is 562 g/mol. The van der Waals surface area contributed by atoms with Crippen LogP contribution in [0.3, 0.4) is 0 Å². The largest absolute Gasteiger partial charge is 0.492 e. The lowest BCUT2D eigenvalue weighted by Crippen LogP contribution is -2.48. The van der Waals surface area contributed by atoms with Crippen LogP contribution < -0.4 is 19.1 Å². The van der Waals surface area contributed by atoms with E-state index in [2.05, 4.69) is 5.32 Å². The van der Waals surface area contributed by atoms with E-state index in [0.29, 0.717) is 22.9 Å². The number of carbonyl (C=O) groups excluding carboxylic acids is 1. The Labute approximate surface area is 223 Å². The molecule has 38 heavy (non-hydrogen) atoms. The highest BCUT2D eigenvalue weighted by atomic mass is 32.2. The molecule has 0 heterocycles. The highest BCUT2D eigenvalue weighted by molar-refractivity contribution is 7.92. The van der Waals surface area contributed by atoms with Crippen LogP contribution in [0.1, 0.15) is 6.92 Å². The molecule has 204 valence electrons. The molecule has 12 heteroatoms. The molecule has 0 aromatic heterocycles. The van der Waals surface area contributed by atoms with E-state index in [4.69, 9.17) is 9.47 Å². The second-order valence-electron chi connectivity index (χ2n) is 8.54. The van der Waals surface area contributed by atoms with Gasteiger partial charge in [0.25, 0.3) is 0 Å². The van der Waals surface area contributed by atoms with Gasteiger partial charge in [-0.05, 0) is 67.6 Å². The molecule has 3 rings (SSSR count). The number of benzene rings is 3. The molecule has 0 radical (unpaired) electrons. The lowest BCUT2D eigenvalue weighted by molar-refractivity contribution is -0.121. The fourth-order valence-corrected chi connectivity index (χ4v) is 5.58. The molecular formula is C26H31N3O7S2. The van der Waals surface area contributed by atoms with Gasteiger partial charge in [0.15, 0.2) is 0 Å². The zero-order valence-corrected chi connectivity index (χ0v) is 23.2. The molecule has 0 saturated carbocycles. The second kappa shape index (κ2) is 12.3. The first-order valence-corrected chi connectivity index (χ1v) is 14.9. The summed E-state index contributed by atoms with van der Waals surface area (Å²) in [5.74, 6) is 1.09. The first-order valence-electron chi connectivity index (χ1n) is 11.6. The number of nitrogens with one attached hydrogen (secondary N) is 1. The molecule has 3 aromatic rings. The number of ether oxygens (including phenoxy) is 2. The van der Waals surface area contributed by atoms with Gasteiger partial charge < -0.3 is 14.8 Å². The van der Waals surface area contributed by atoms with Crippen molar-refractivity contribution in [2.45, 2.75) is 17.9 Å². The van der Waals surface area contributed by atoms with Crippen molar-refractivity contribution in [1.82, 2.24) is 9.62 Å². The molecule has 0 bridgehead atoms. The van der Waals surface area contributed by atoms with Crippen molar-refractivity contribution in [2.75, 3.05) is 37.8 Å². The Morgan fingerprint density at radius 2 is 1.39 bits per heavy atom. The number of para-hydroxylation sites is 1. The van der Waals surface area contributed by atoms with Gasteiger partial charge in [-0.1, -0.05) is 18.2 Å². The topological polar surface area (TPSA) is 122 Å². The van der Waals surface area contributed by atoms with Crippen LogP contribution in [0.25, 0.3) is 0 Å². The summed E-state index contributed by atoms with van der Waals surface area (Å²) in [5.41, 5.74) is 0.319. The Balaban J connectivity index is 1.58. The number of nitrogens with zero attached hydrogens (tertiary/aromatic N) is 2. The van der Waals surface area contributed by atoms with Crippen molar-refractivity contribution in [1.29, 1.82) is 0 Å². The van der Waals surface area contributed by atoms with Gasteiger partial charge in [-0.15, -0.1) is 0 Å². The fraction of sp³-hybridized carbons (Fsp3) is 0.269. The van der Waals surface area contributed by atoms with E-state index in [1.54, 1.807) is 36.4 Å². The van der Waals surface area contributed by atoms with Crippen LogP contribution in [0, 0.1) is 0 Å². The third-order valence-corrected chi connectivity index (χ3v) is 8.50. The van der Waals surface area contributed by atoms with Crippen LogP contribution in [-0.4, -0.2) is 66.6 Å². The second-order valence-corrected chi connectivity index (χ2v) is 12.6. The number of amides is 1. The number of hydrogen-bond acceptors (Lipinski definition) is 7. The minimum Gasteiger partial charge on any atom is -0.492 e. The Morgan fingerprint density at radius 1 is 0.842 bits per heavy atom. The van der Waals surface area contributed by atoms with Gasteiger partial charge in [-0.2, -0.15) is 0 Å². The van der Waals surface area contributed by atoms with E-state index in [-0.39, 0.29) is 18.0 Å². The van der Waals surface area contributed by atoms with Crippen LogP contribution in [0.4, 0.5) is 5.69 Å². The zero-order valence-electron chi connectivity index (χ0n) is 21.6. The summed E-state index contributed by atoms with van der Waals surface area (Å²) in [6.45, 7) is 1.71. The van der Waals surface area contributed by atoms with Crippen molar-refractivity contribution < 1.29 is 31.1 Å². The maximum absolute atomic E-state index is 12.8. The summed E-state index contributed by atoms with van der Waals surface area (Å²) in [6, 6.07) is 20.5. The van der Waals surface area contributed by atoms with Gasteiger partial charge in [0.05, 0.1) is 23.4 Å². The summed E-state index contributed by atoms with van der Waals surface area (Å²) >= 11 is 0. The monoisotopic (exact) mass is 561 g/mol. The van der Waals surface area contributed by atoms with Crippen LogP contribution in [0.15, 0.2) is 83.8 Å². The van der Waals surface area contributed by atoms with E-state index < -0.39 is 32.0 Å². The first-order chi connectivity index (χ1) is 17.9.